The van der Waals surface area contributed by atoms with E-state index in [-0.39, 0.29) is 0 Å². The first-order valence-electron chi connectivity index (χ1n) is 5.44. The first-order chi connectivity index (χ1) is 8.38. The minimum absolute atomic E-state index is 1.03. The van der Waals surface area contributed by atoms with E-state index in [9.17, 15) is 0 Å². The van der Waals surface area contributed by atoms with Crippen molar-refractivity contribution in [3.63, 3.8) is 0 Å². The fourth-order valence-corrected chi connectivity index (χ4v) is 1.88. The lowest BCUT2D eigenvalue weighted by atomic mass is 10.1. The van der Waals surface area contributed by atoms with E-state index in [1.807, 2.05) is 42.3 Å². The van der Waals surface area contributed by atoms with Crippen LogP contribution in [0, 0.1) is 0 Å². The van der Waals surface area contributed by atoms with Gasteiger partial charge in [-0.15, -0.1) is 0 Å². The van der Waals surface area contributed by atoms with Gasteiger partial charge in [0, 0.05) is 36.8 Å². The quantitative estimate of drug-likeness (QED) is 0.727. The molecule has 3 aromatic heterocycles. The Morgan fingerprint density at radius 3 is 2.82 bits per heavy atom. The Labute approximate surface area is 98.9 Å². The molecule has 3 aromatic rings. The SMILES string of the molecule is CNc1cnn2cc(-c3cccnc3)ccc12. The van der Waals surface area contributed by atoms with E-state index in [0.29, 0.717) is 0 Å². The fraction of sp³-hybridized carbons (Fsp3) is 0.0769. The number of pyridine rings is 2. The maximum absolute atomic E-state index is 4.31. The van der Waals surface area contributed by atoms with Gasteiger partial charge in [-0.3, -0.25) is 4.98 Å². The average Bonchev–Trinajstić information content (AvgIpc) is 2.81. The molecule has 0 aliphatic carbocycles. The van der Waals surface area contributed by atoms with E-state index < -0.39 is 0 Å². The van der Waals surface area contributed by atoms with Gasteiger partial charge in [0.15, 0.2) is 0 Å². The van der Waals surface area contributed by atoms with Gasteiger partial charge in [0.05, 0.1) is 17.4 Å². The number of hydrogen-bond acceptors (Lipinski definition) is 3. The molecular weight excluding hydrogens is 212 g/mol. The highest BCUT2D eigenvalue weighted by atomic mass is 15.2. The summed E-state index contributed by atoms with van der Waals surface area (Å²) in [6.45, 7) is 0. The molecule has 84 valence electrons. The van der Waals surface area contributed by atoms with Crippen LogP contribution in [0.5, 0.6) is 0 Å². The summed E-state index contributed by atoms with van der Waals surface area (Å²) in [4.78, 5) is 4.12. The molecule has 0 atom stereocenters. The van der Waals surface area contributed by atoms with Gasteiger partial charge in [0.25, 0.3) is 0 Å². The fourth-order valence-electron chi connectivity index (χ4n) is 1.88. The second-order valence-electron chi connectivity index (χ2n) is 3.80. The lowest BCUT2D eigenvalue weighted by molar-refractivity contribution is 0.962. The number of fused-ring (bicyclic) bond motifs is 1. The second-order valence-corrected chi connectivity index (χ2v) is 3.80. The van der Waals surface area contributed by atoms with Crippen LogP contribution in [0.25, 0.3) is 16.6 Å². The van der Waals surface area contributed by atoms with Gasteiger partial charge in [0.2, 0.25) is 0 Å². The van der Waals surface area contributed by atoms with Crippen molar-refractivity contribution in [3.05, 3.63) is 49.1 Å². The van der Waals surface area contributed by atoms with Crippen LogP contribution >= 0.6 is 0 Å². The molecule has 4 heteroatoms. The molecule has 0 amide bonds. The third kappa shape index (κ3) is 1.63. The van der Waals surface area contributed by atoms with Crippen LogP contribution < -0.4 is 5.32 Å². The summed E-state index contributed by atoms with van der Waals surface area (Å²) in [5, 5.41) is 7.42. The van der Waals surface area contributed by atoms with Gasteiger partial charge in [-0.05, 0) is 12.1 Å². The number of aromatic nitrogens is 3. The highest BCUT2D eigenvalue weighted by molar-refractivity contribution is 5.74. The third-order valence-corrected chi connectivity index (χ3v) is 2.78. The Kier molecular flexibility index (Phi) is 2.26. The van der Waals surface area contributed by atoms with Crippen molar-refractivity contribution in [3.8, 4) is 11.1 Å². The summed E-state index contributed by atoms with van der Waals surface area (Å²) in [5.74, 6) is 0. The van der Waals surface area contributed by atoms with Crippen LogP contribution in [-0.2, 0) is 0 Å². The standard InChI is InChI=1S/C13H12N4/c1-14-12-8-16-17-9-11(4-5-13(12)17)10-3-2-6-15-7-10/h2-9,14H,1H3. The van der Waals surface area contributed by atoms with Gasteiger partial charge in [-0.25, -0.2) is 4.52 Å². The molecular formula is C13H12N4. The third-order valence-electron chi connectivity index (χ3n) is 2.78. The summed E-state index contributed by atoms with van der Waals surface area (Å²) >= 11 is 0. The van der Waals surface area contributed by atoms with Crippen molar-refractivity contribution >= 4 is 11.2 Å². The first-order valence-corrected chi connectivity index (χ1v) is 5.44. The van der Waals surface area contributed by atoms with E-state index in [0.717, 1.165) is 22.3 Å². The highest BCUT2D eigenvalue weighted by Gasteiger charge is 2.03. The lowest BCUT2D eigenvalue weighted by Crippen LogP contribution is -1.90. The van der Waals surface area contributed by atoms with E-state index in [4.69, 9.17) is 0 Å². The van der Waals surface area contributed by atoms with Gasteiger partial charge in [0.1, 0.15) is 0 Å². The van der Waals surface area contributed by atoms with Gasteiger partial charge >= 0.3 is 0 Å². The van der Waals surface area contributed by atoms with E-state index in [1.54, 1.807) is 6.20 Å². The first kappa shape index (κ1) is 9.84. The van der Waals surface area contributed by atoms with Crippen LogP contribution in [0.3, 0.4) is 0 Å². The molecule has 0 spiro atoms. The van der Waals surface area contributed by atoms with Crippen LogP contribution in [0.2, 0.25) is 0 Å². The summed E-state index contributed by atoms with van der Waals surface area (Å²) < 4.78 is 1.87. The molecule has 3 heterocycles. The highest BCUT2D eigenvalue weighted by Crippen LogP contribution is 2.22. The molecule has 0 aliphatic rings. The summed E-state index contributed by atoms with van der Waals surface area (Å²) in [6, 6.07) is 8.11. The number of nitrogens with one attached hydrogen (secondary N) is 1. The van der Waals surface area contributed by atoms with Crippen molar-refractivity contribution in [1.29, 1.82) is 0 Å². The summed E-state index contributed by atoms with van der Waals surface area (Å²) in [6.07, 6.45) is 7.45. The summed E-state index contributed by atoms with van der Waals surface area (Å²) in [7, 11) is 1.89. The Morgan fingerprint density at radius 1 is 1.12 bits per heavy atom. The molecule has 0 saturated heterocycles. The zero-order chi connectivity index (χ0) is 11.7. The topological polar surface area (TPSA) is 42.2 Å². The molecule has 0 unspecified atom stereocenters. The van der Waals surface area contributed by atoms with Gasteiger partial charge in [-0.1, -0.05) is 12.1 Å². The van der Waals surface area contributed by atoms with Crippen molar-refractivity contribution in [2.75, 3.05) is 12.4 Å². The Morgan fingerprint density at radius 2 is 2.06 bits per heavy atom. The Balaban J connectivity index is 2.15. The normalized spacial score (nSPS) is 10.6. The number of anilines is 1. The van der Waals surface area contributed by atoms with Crippen molar-refractivity contribution in [2.24, 2.45) is 0 Å². The van der Waals surface area contributed by atoms with Crippen LogP contribution in [0.1, 0.15) is 0 Å². The monoisotopic (exact) mass is 224 g/mol. The van der Waals surface area contributed by atoms with Gasteiger partial charge in [-0.2, -0.15) is 5.10 Å². The average molecular weight is 224 g/mol. The molecule has 0 fully saturated rings. The Hall–Kier alpha value is -2.36. The second kappa shape index (κ2) is 3.90. The Bertz CT molecular complexity index is 643. The molecule has 0 aromatic carbocycles. The minimum Gasteiger partial charge on any atom is -0.385 e. The number of nitrogens with zero attached hydrogens (tertiary/aromatic N) is 3. The largest absolute Gasteiger partial charge is 0.385 e. The van der Waals surface area contributed by atoms with Crippen molar-refractivity contribution in [1.82, 2.24) is 14.6 Å². The smallest absolute Gasteiger partial charge is 0.0893 e. The number of rotatable bonds is 2. The molecule has 0 radical (unpaired) electrons. The summed E-state index contributed by atoms with van der Waals surface area (Å²) in [5.41, 5.74) is 4.30. The zero-order valence-corrected chi connectivity index (χ0v) is 9.46. The van der Waals surface area contributed by atoms with E-state index >= 15 is 0 Å². The van der Waals surface area contributed by atoms with E-state index in [1.165, 1.54) is 0 Å². The minimum atomic E-state index is 1.03. The predicted octanol–water partition coefficient (Wildman–Crippen LogP) is 2.44. The van der Waals surface area contributed by atoms with Crippen molar-refractivity contribution < 1.29 is 0 Å². The van der Waals surface area contributed by atoms with Crippen LogP contribution in [0.15, 0.2) is 49.1 Å². The molecule has 0 aliphatic heterocycles. The van der Waals surface area contributed by atoms with Crippen LogP contribution in [-0.4, -0.2) is 21.6 Å². The molecule has 0 bridgehead atoms. The maximum Gasteiger partial charge on any atom is 0.0893 e. The van der Waals surface area contributed by atoms with Gasteiger partial charge < -0.3 is 5.32 Å². The molecule has 1 N–H and O–H groups in total. The zero-order valence-electron chi connectivity index (χ0n) is 9.46. The maximum atomic E-state index is 4.31. The lowest BCUT2D eigenvalue weighted by Gasteiger charge is -2.02. The number of hydrogen-bond donors (Lipinski definition) is 1. The molecule has 17 heavy (non-hydrogen) atoms. The molecule has 0 saturated carbocycles. The molecule has 3 rings (SSSR count). The van der Waals surface area contributed by atoms with Crippen LogP contribution in [0.4, 0.5) is 5.69 Å². The van der Waals surface area contributed by atoms with Crippen molar-refractivity contribution in [2.45, 2.75) is 0 Å². The predicted molar refractivity (Wildman–Crippen MR) is 68.0 cm³/mol. The molecule has 4 nitrogen and oxygen atoms in total. The van der Waals surface area contributed by atoms with E-state index in [2.05, 4.69) is 27.5 Å².